The minimum absolute atomic E-state index is 0. The van der Waals surface area contributed by atoms with E-state index in [-0.39, 0.29) is 12.4 Å². The highest BCUT2D eigenvalue weighted by Crippen LogP contribution is 2.12. The Labute approximate surface area is 104 Å². The van der Waals surface area contributed by atoms with Crippen molar-refractivity contribution in [1.82, 2.24) is 14.3 Å². The molecule has 7 heteroatoms. The minimum Gasteiger partial charge on any atom is -0.363 e. The van der Waals surface area contributed by atoms with Gasteiger partial charge in [0.15, 0.2) is 0 Å². The van der Waals surface area contributed by atoms with E-state index in [1.165, 1.54) is 12.3 Å². The van der Waals surface area contributed by atoms with Gasteiger partial charge < -0.3 is 9.88 Å². The van der Waals surface area contributed by atoms with E-state index in [0.717, 1.165) is 5.69 Å². The van der Waals surface area contributed by atoms with Gasteiger partial charge in [-0.25, -0.2) is 4.68 Å². The van der Waals surface area contributed by atoms with E-state index in [4.69, 9.17) is 0 Å². The highest BCUT2D eigenvalue weighted by Gasteiger charge is 2.07. The first-order valence-corrected chi connectivity index (χ1v) is 4.84. The number of aromatic nitrogens is 3. The van der Waals surface area contributed by atoms with Crippen LogP contribution in [0.25, 0.3) is 0 Å². The fourth-order valence-electron chi connectivity index (χ4n) is 1.40. The largest absolute Gasteiger partial charge is 0.363 e. The van der Waals surface area contributed by atoms with Crippen LogP contribution in [-0.4, -0.2) is 14.3 Å². The molecule has 0 spiro atoms. The van der Waals surface area contributed by atoms with Crippen LogP contribution in [-0.2, 0) is 13.6 Å². The first-order chi connectivity index (χ1) is 7.66. The second-order valence-electron chi connectivity index (χ2n) is 3.42. The van der Waals surface area contributed by atoms with Crippen LogP contribution >= 0.6 is 12.4 Å². The highest BCUT2D eigenvalue weighted by molar-refractivity contribution is 5.85. The molecule has 0 aliphatic carbocycles. The van der Waals surface area contributed by atoms with Crippen LogP contribution in [0, 0.1) is 0 Å². The van der Waals surface area contributed by atoms with Gasteiger partial charge >= 0.3 is 6.55 Å². The smallest absolute Gasteiger partial charge is 0.333 e. The molecule has 2 aromatic rings. The first-order valence-electron chi connectivity index (χ1n) is 4.84. The Morgan fingerprint density at radius 1 is 1.35 bits per heavy atom. The van der Waals surface area contributed by atoms with Crippen molar-refractivity contribution >= 4 is 18.2 Å². The van der Waals surface area contributed by atoms with Crippen LogP contribution in [0.1, 0.15) is 12.2 Å². The van der Waals surface area contributed by atoms with E-state index in [1.54, 1.807) is 0 Å². The van der Waals surface area contributed by atoms with Gasteiger partial charge in [0.1, 0.15) is 5.82 Å². The van der Waals surface area contributed by atoms with Crippen LogP contribution in [0.5, 0.6) is 0 Å². The van der Waals surface area contributed by atoms with E-state index >= 15 is 0 Å². The van der Waals surface area contributed by atoms with Gasteiger partial charge in [0.25, 0.3) is 0 Å². The van der Waals surface area contributed by atoms with Crippen LogP contribution in [0.4, 0.5) is 14.6 Å². The van der Waals surface area contributed by atoms with Crippen LogP contribution in [0.15, 0.2) is 30.6 Å². The molecule has 2 aromatic heterocycles. The van der Waals surface area contributed by atoms with Gasteiger partial charge in [-0.2, -0.15) is 13.9 Å². The van der Waals surface area contributed by atoms with Crippen molar-refractivity contribution in [1.29, 1.82) is 0 Å². The monoisotopic (exact) mass is 262 g/mol. The van der Waals surface area contributed by atoms with Gasteiger partial charge in [0.2, 0.25) is 0 Å². The molecule has 4 nitrogen and oxygen atoms in total. The van der Waals surface area contributed by atoms with E-state index in [1.807, 2.05) is 29.9 Å². The lowest BCUT2D eigenvalue weighted by molar-refractivity contribution is 0.0569. The van der Waals surface area contributed by atoms with E-state index < -0.39 is 6.55 Å². The Balaban J connectivity index is 0.00000144. The Bertz CT molecular complexity index is 466. The minimum atomic E-state index is -2.59. The summed E-state index contributed by atoms with van der Waals surface area (Å²) in [5.41, 5.74) is 1.06. The summed E-state index contributed by atoms with van der Waals surface area (Å²) in [7, 11) is 1.93. The SMILES string of the molecule is Cl.Cn1cccc1CNc1ccn(C(F)F)n1. The summed E-state index contributed by atoms with van der Waals surface area (Å²) in [5.74, 6) is 0.446. The molecule has 94 valence electrons. The van der Waals surface area contributed by atoms with Gasteiger partial charge in [-0.05, 0) is 12.1 Å². The molecule has 0 fully saturated rings. The second-order valence-corrected chi connectivity index (χ2v) is 3.42. The Morgan fingerprint density at radius 2 is 2.12 bits per heavy atom. The Hall–Kier alpha value is -1.56. The summed E-state index contributed by atoms with van der Waals surface area (Å²) in [4.78, 5) is 0. The van der Waals surface area contributed by atoms with Gasteiger partial charge in [-0.15, -0.1) is 12.4 Å². The molecule has 0 radical (unpaired) electrons. The van der Waals surface area contributed by atoms with Crippen LogP contribution in [0.2, 0.25) is 0 Å². The molecule has 0 saturated heterocycles. The predicted molar refractivity (Wildman–Crippen MR) is 63.5 cm³/mol. The fourth-order valence-corrected chi connectivity index (χ4v) is 1.40. The van der Waals surface area contributed by atoms with Crippen molar-refractivity contribution in [2.24, 2.45) is 7.05 Å². The van der Waals surface area contributed by atoms with E-state index in [2.05, 4.69) is 10.4 Å². The summed E-state index contributed by atoms with van der Waals surface area (Å²) in [5, 5.41) is 6.66. The van der Waals surface area contributed by atoms with Crippen LogP contribution in [0.3, 0.4) is 0 Å². The average molecular weight is 263 g/mol. The van der Waals surface area contributed by atoms with Crippen molar-refractivity contribution in [2.45, 2.75) is 13.1 Å². The lowest BCUT2D eigenvalue weighted by Gasteiger charge is -2.04. The van der Waals surface area contributed by atoms with Crippen molar-refractivity contribution in [3.05, 3.63) is 36.3 Å². The van der Waals surface area contributed by atoms with Gasteiger partial charge in [-0.3, -0.25) is 0 Å². The van der Waals surface area contributed by atoms with E-state index in [0.29, 0.717) is 17.0 Å². The van der Waals surface area contributed by atoms with Crippen molar-refractivity contribution in [3.63, 3.8) is 0 Å². The number of aryl methyl sites for hydroxylation is 1. The first kappa shape index (κ1) is 13.5. The van der Waals surface area contributed by atoms with E-state index in [9.17, 15) is 8.78 Å². The third-order valence-corrected chi connectivity index (χ3v) is 2.31. The molecule has 1 N–H and O–H groups in total. The standard InChI is InChI=1S/C10H12F2N4.ClH/c1-15-5-2-3-8(15)7-13-9-4-6-16(14-9)10(11)12;/h2-6,10H,7H2,1H3,(H,13,14);1H. The van der Waals surface area contributed by atoms with Gasteiger partial charge in [-0.1, -0.05) is 0 Å². The molecule has 0 aliphatic rings. The molecule has 17 heavy (non-hydrogen) atoms. The molecular formula is C10H13ClF2N4. The molecule has 0 saturated carbocycles. The maximum absolute atomic E-state index is 12.2. The number of rotatable bonds is 4. The molecule has 0 aliphatic heterocycles. The molecule has 2 rings (SSSR count). The van der Waals surface area contributed by atoms with Crippen molar-refractivity contribution in [2.75, 3.05) is 5.32 Å². The lowest BCUT2D eigenvalue weighted by Crippen LogP contribution is -2.05. The molecule has 0 amide bonds. The van der Waals surface area contributed by atoms with Crippen LogP contribution < -0.4 is 5.32 Å². The molecule has 0 unspecified atom stereocenters. The summed E-state index contributed by atoms with van der Waals surface area (Å²) < 4.78 is 27.0. The zero-order valence-electron chi connectivity index (χ0n) is 9.18. The number of alkyl halides is 2. The lowest BCUT2D eigenvalue weighted by atomic mass is 10.4. The molecule has 0 atom stereocenters. The Kier molecular flexibility index (Phi) is 4.51. The molecule has 0 aromatic carbocycles. The Morgan fingerprint density at radius 3 is 2.65 bits per heavy atom. The highest BCUT2D eigenvalue weighted by atomic mass is 35.5. The third kappa shape index (κ3) is 3.20. The number of nitrogens with zero attached hydrogens (tertiary/aromatic N) is 3. The normalized spacial score (nSPS) is 10.4. The predicted octanol–water partition coefficient (Wildman–Crippen LogP) is 2.65. The maximum Gasteiger partial charge on any atom is 0.333 e. The zero-order valence-corrected chi connectivity index (χ0v) is 9.99. The quantitative estimate of drug-likeness (QED) is 0.919. The third-order valence-electron chi connectivity index (χ3n) is 2.31. The zero-order chi connectivity index (χ0) is 11.5. The summed E-state index contributed by atoms with van der Waals surface area (Å²) >= 11 is 0. The van der Waals surface area contributed by atoms with Gasteiger partial charge in [0, 0.05) is 31.2 Å². The molecule has 2 heterocycles. The van der Waals surface area contributed by atoms with Crippen molar-refractivity contribution < 1.29 is 8.78 Å². The molecule has 0 bridgehead atoms. The average Bonchev–Trinajstić information content (AvgIpc) is 2.83. The number of anilines is 1. The number of halogens is 3. The summed E-state index contributed by atoms with van der Waals surface area (Å²) in [6.45, 7) is -2.03. The summed E-state index contributed by atoms with van der Waals surface area (Å²) in [6, 6.07) is 5.40. The topological polar surface area (TPSA) is 34.8 Å². The molecular weight excluding hydrogens is 250 g/mol. The summed E-state index contributed by atoms with van der Waals surface area (Å²) in [6.07, 6.45) is 3.17. The number of hydrogen-bond donors (Lipinski definition) is 1. The maximum atomic E-state index is 12.2. The van der Waals surface area contributed by atoms with Crippen molar-refractivity contribution in [3.8, 4) is 0 Å². The second kappa shape index (κ2) is 5.67. The number of hydrogen-bond acceptors (Lipinski definition) is 2. The van der Waals surface area contributed by atoms with Gasteiger partial charge in [0.05, 0.1) is 6.54 Å². The fraction of sp³-hybridized carbons (Fsp3) is 0.300. The number of nitrogens with one attached hydrogen (secondary N) is 1.